The molecule has 0 bridgehead atoms. The summed E-state index contributed by atoms with van der Waals surface area (Å²) in [7, 11) is 0. The minimum Gasteiger partial charge on any atom is -0.457 e. The molecule has 9 nitrogen and oxygen atoms in total. The second-order valence-electron chi connectivity index (χ2n) is 14.1. The SMILES string of the molecule is CCCCC/C=C\C/C=C\C/C=C\CCCCCCCCCOCC(COC1OC(CO)C(O)C(O)C1O)OC(=O)CCCCCCCCCC. The zero-order valence-electron chi connectivity index (χ0n) is 32.4. The van der Waals surface area contributed by atoms with Gasteiger partial charge in [0.25, 0.3) is 0 Å². The van der Waals surface area contributed by atoms with E-state index in [1.165, 1.54) is 83.5 Å². The largest absolute Gasteiger partial charge is 0.457 e. The van der Waals surface area contributed by atoms with Crippen LogP contribution in [0.5, 0.6) is 0 Å². The van der Waals surface area contributed by atoms with Crippen LogP contribution < -0.4 is 0 Å². The zero-order chi connectivity index (χ0) is 37.2. The average Bonchev–Trinajstić information content (AvgIpc) is 3.13. The molecular formula is C42H76O9. The molecule has 6 unspecified atom stereocenters. The molecule has 1 rings (SSSR count). The van der Waals surface area contributed by atoms with Crippen molar-refractivity contribution >= 4 is 5.97 Å². The highest BCUT2D eigenvalue weighted by molar-refractivity contribution is 5.69. The number of esters is 1. The third kappa shape index (κ3) is 25.9. The highest BCUT2D eigenvalue weighted by Crippen LogP contribution is 2.22. The van der Waals surface area contributed by atoms with Gasteiger partial charge in [0.15, 0.2) is 6.29 Å². The molecule has 0 spiro atoms. The fourth-order valence-electron chi connectivity index (χ4n) is 6.03. The fourth-order valence-corrected chi connectivity index (χ4v) is 6.03. The number of rotatable bonds is 34. The third-order valence-electron chi connectivity index (χ3n) is 9.31. The van der Waals surface area contributed by atoms with Crippen LogP contribution in [-0.4, -0.2) is 89.6 Å². The van der Waals surface area contributed by atoms with Gasteiger partial charge in [0.2, 0.25) is 0 Å². The standard InChI is InChI=1S/C42H76O9/c1-3-5-7-9-11-13-14-15-16-17-18-19-20-21-22-23-24-26-28-30-32-48-34-36(50-38(44)31-29-27-25-12-10-8-6-4-2)35-49-42-41(47)40(46)39(45)37(33-43)51-42/h11,13,15-16,18-19,36-37,39-43,45-47H,3-10,12,14,17,20-35H2,1-2H3/b13-11-,16-15-,19-18-. The van der Waals surface area contributed by atoms with Gasteiger partial charge in [-0.1, -0.05) is 140 Å². The van der Waals surface area contributed by atoms with E-state index < -0.39 is 43.4 Å². The normalized spacial score (nSPS) is 21.7. The van der Waals surface area contributed by atoms with E-state index >= 15 is 0 Å². The monoisotopic (exact) mass is 725 g/mol. The van der Waals surface area contributed by atoms with E-state index in [9.17, 15) is 25.2 Å². The summed E-state index contributed by atoms with van der Waals surface area (Å²) in [4.78, 5) is 12.6. The lowest BCUT2D eigenvalue weighted by Crippen LogP contribution is -2.59. The molecule has 1 heterocycles. The van der Waals surface area contributed by atoms with Crippen molar-refractivity contribution in [3.8, 4) is 0 Å². The second kappa shape index (κ2) is 34.2. The highest BCUT2D eigenvalue weighted by Gasteiger charge is 2.44. The van der Waals surface area contributed by atoms with Gasteiger partial charge in [0.05, 0.1) is 19.8 Å². The number of carbonyl (C=O) groups is 1. The van der Waals surface area contributed by atoms with Gasteiger partial charge in [-0.25, -0.2) is 0 Å². The van der Waals surface area contributed by atoms with E-state index in [-0.39, 0.29) is 19.2 Å². The Morgan fingerprint density at radius 2 is 1.14 bits per heavy atom. The molecule has 1 aliphatic heterocycles. The molecule has 0 amide bonds. The van der Waals surface area contributed by atoms with Crippen molar-refractivity contribution in [3.05, 3.63) is 36.5 Å². The maximum atomic E-state index is 12.6. The van der Waals surface area contributed by atoms with Gasteiger partial charge in [-0.3, -0.25) is 4.79 Å². The molecule has 1 saturated heterocycles. The molecule has 298 valence electrons. The topological polar surface area (TPSA) is 135 Å². The van der Waals surface area contributed by atoms with Gasteiger partial charge in [-0.15, -0.1) is 0 Å². The molecule has 51 heavy (non-hydrogen) atoms. The van der Waals surface area contributed by atoms with Crippen molar-refractivity contribution in [1.29, 1.82) is 0 Å². The molecule has 1 fully saturated rings. The van der Waals surface area contributed by atoms with E-state index in [0.29, 0.717) is 13.0 Å². The van der Waals surface area contributed by atoms with E-state index in [4.69, 9.17) is 18.9 Å². The van der Waals surface area contributed by atoms with Crippen molar-refractivity contribution in [3.63, 3.8) is 0 Å². The Morgan fingerprint density at radius 1 is 0.627 bits per heavy atom. The van der Waals surface area contributed by atoms with Crippen LogP contribution in [0.25, 0.3) is 0 Å². The van der Waals surface area contributed by atoms with Crippen molar-refractivity contribution in [2.45, 2.75) is 198 Å². The number of allylic oxidation sites excluding steroid dienone is 6. The Hall–Kier alpha value is -1.59. The quantitative estimate of drug-likeness (QED) is 0.0293. The van der Waals surface area contributed by atoms with Gasteiger partial charge in [-0.2, -0.15) is 0 Å². The van der Waals surface area contributed by atoms with Crippen LogP contribution in [0.4, 0.5) is 0 Å². The van der Waals surface area contributed by atoms with Gasteiger partial charge >= 0.3 is 5.97 Å². The molecular weight excluding hydrogens is 648 g/mol. The number of aliphatic hydroxyl groups excluding tert-OH is 4. The maximum absolute atomic E-state index is 12.6. The molecule has 0 radical (unpaired) electrons. The van der Waals surface area contributed by atoms with E-state index in [0.717, 1.165) is 57.8 Å². The van der Waals surface area contributed by atoms with Crippen LogP contribution in [0, 0.1) is 0 Å². The van der Waals surface area contributed by atoms with Gasteiger partial charge in [-0.05, 0) is 51.4 Å². The first-order chi connectivity index (χ1) is 24.9. The summed E-state index contributed by atoms with van der Waals surface area (Å²) < 4.78 is 22.7. The summed E-state index contributed by atoms with van der Waals surface area (Å²) in [5.41, 5.74) is 0. The van der Waals surface area contributed by atoms with E-state index in [2.05, 4.69) is 50.3 Å². The lowest BCUT2D eigenvalue weighted by Gasteiger charge is -2.39. The van der Waals surface area contributed by atoms with Crippen LogP contribution in [0.15, 0.2) is 36.5 Å². The lowest BCUT2D eigenvalue weighted by molar-refractivity contribution is -0.305. The number of aliphatic hydroxyl groups is 4. The van der Waals surface area contributed by atoms with Crippen molar-refractivity contribution in [1.82, 2.24) is 0 Å². The molecule has 0 aliphatic carbocycles. The van der Waals surface area contributed by atoms with Gasteiger partial charge < -0.3 is 39.4 Å². The van der Waals surface area contributed by atoms with Crippen molar-refractivity contribution in [2.75, 3.05) is 26.4 Å². The predicted octanol–water partition coefficient (Wildman–Crippen LogP) is 8.41. The first kappa shape index (κ1) is 47.4. The summed E-state index contributed by atoms with van der Waals surface area (Å²) in [6.45, 7) is 4.47. The molecule has 1 aliphatic rings. The Morgan fingerprint density at radius 3 is 1.75 bits per heavy atom. The molecule has 4 N–H and O–H groups in total. The van der Waals surface area contributed by atoms with Crippen LogP contribution in [0.1, 0.15) is 162 Å². The van der Waals surface area contributed by atoms with Gasteiger partial charge in [0.1, 0.15) is 30.5 Å². The summed E-state index contributed by atoms with van der Waals surface area (Å²) in [5.74, 6) is -0.323. The van der Waals surface area contributed by atoms with E-state index in [1.807, 2.05) is 0 Å². The van der Waals surface area contributed by atoms with E-state index in [1.54, 1.807) is 0 Å². The van der Waals surface area contributed by atoms with Crippen molar-refractivity contribution < 1.29 is 44.2 Å². The zero-order valence-corrected chi connectivity index (χ0v) is 32.4. The number of ether oxygens (including phenoxy) is 4. The van der Waals surface area contributed by atoms with Gasteiger partial charge in [0, 0.05) is 13.0 Å². The summed E-state index contributed by atoms with van der Waals surface area (Å²) in [6, 6.07) is 0. The molecule has 9 heteroatoms. The van der Waals surface area contributed by atoms with Crippen LogP contribution in [-0.2, 0) is 23.7 Å². The molecule has 6 atom stereocenters. The Balaban J connectivity index is 2.24. The summed E-state index contributed by atoms with van der Waals surface area (Å²) >= 11 is 0. The molecule has 0 saturated carbocycles. The minimum atomic E-state index is -1.54. The third-order valence-corrected chi connectivity index (χ3v) is 9.31. The average molecular weight is 725 g/mol. The summed E-state index contributed by atoms with van der Waals surface area (Å²) in [5, 5.41) is 39.9. The second-order valence-corrected chi connectivity index (χ2v) is 14.1. The summed E-state index contributed by atoms with van der Waals surface area (Å²) in [6.07, 6.45) is 31.8. The first-order valence-corrected chi connectivity index (χ1v) is 20.6. The number of hydrogen-bond acceptors (Lipinski definition) is 9. The molecule has 0 aromatic carbocycles. The van der Waals surface area contributed by atoms with Crippen molar-refractivity contribution in [2.24, 2.45) is 0 Å². The predicted molar refractivity (Wildman–Crippen MR) is 205 cm³/mol. The maximum Gasteiger partial charge on any atom is 0.306 e. The number of unbranched alkanes of at least 4 members (excludes halogenated alkanes) is 17. The Bertz CT molecular complexity index is 874. The van der Waals surface area contributed by atoms with Crippen LogP contribution >= 0.6 is 0 Å². The molecule has 0 aromatic rings. The number of hydrogen-bond donors (Lipinski definition) is 4. The highest BCUT2D eigenvalue weighted by atomic mass is 16.7. The first-order valence-electron chi connectivity index (χ1n) is 20.6. The Kier molecular flexibility index (Phi) is 31.8. The minimum absolute atomic E-state index is 0.116. The van der Waals surface area contributed by atoms with Crippen LogP contribution in [0.3, 0.4) is 0 Å². The molecule has 0 aromatic heterocycles. The fraction of sp³-hybridized carbons (Fsp3) is 0.833. The number of carbonyl (C=O) groups excluding carboxylic acids is 1. The van der Waals surface area contributed by atoms with Crippen LogP contribution in [0.2, 0.25) is 0 Å². The Labute approximate surface area is 310 Å². The lowest BCUT2D eigenvalue weighted by atomic mass is 9.99. The smallest absolute Gasteiger partial charge is 0.306 e.